The Morgan fingerprint density at radius 2 is 1.64 bits per heavy atom. The fourth-order valence-corrected chi connectivity index (χ4v) is 1.19. The van der Waals surface area contributed by atoms with E-state index in [0.717, 1.165) is 5.92 Å². The summed E-state index contributed by atoms with van der Waals surface area (Å²) in [7, 11) is 1.79. The molecule has 0 aromatic carbocycles. The molecule has 68 valence electrons. The van der Waals surface area contributed by atoms with Gasteiger partial charge < -0.3 is 4.74 Å². The first kappa shape index (κ1) is 11.0. The van der Waals surface area contributed by atoms with Gasteiger partial charge in [0.1, 0.15) is 0 Å². The summed E-state index contributed by atoms with van der Waals surface area (Å²) >= 11 is 0. The second kappa shape index (κ2) is 4.10. The minimum Gasteiger partial charge on any atom is -0.379 e. The molecule has 0 unspecified atom stereocenters. The minimum atomic E-state index is 0.0320. The van der Waals surface area contributed by atoms with Crippen LogP contribution in [0.15, 0.2) is 0 Å². The van der Waals surface area contributed by atoms with E-state index in [-0.39, 0.29) is 5.60 Å². The molecule has 0 amide bonds. The highest BCUT2D eigenvalue weighted by Crippen LogP contribution is 2.25. The monoisotopic (exact) mass is 158 g/mol. The Labute approximate surface area is 71.1 Å². The van der Waals surface area contributed by atoms with Gasteiger partial charge in [-0.3, -0.25) is 0 Å². The number of hydrogen-bond acceptors (Lipinski definition) is 1. The lowest BCUT2D eigenvalue weighted by Gasteiger charge is -2.31. The van der Waals surface area contributed by atoms with E-state index in [4.69, 9.17) is 4.74 Å². The highest BCUT2D eigenvalue weighted by atomic mass is 16.5. The SMILES string of the molecule is COC(C)(C)[C@H](C)CC(C)C. The van der Waals surface area contributed by atoms with Crippen LogP contribution >= 0.6 is 0 Å². The van der Waals surface area contributed by atoms with Gasteiger partial charge in [0.25, 0.3) is 0 Å². The number of rotatable bonds is 4. The first-order chi connectivity index (χ1) is 4.90. The Morgan fingerprint density at radius 3 is 1.91 bits per heavy atom. The van der Waals surface area contributed by atoms with Crippen LogP contribution in [0.5, 0.6) is 0 Å². The van der Waals surface area contributed by atoms with Crippen molar-refractivity contribution in [3.63, 3.8) is 0 Å². The zero-order valence-electron chi connectivity index (χ0n) is 8.77. The molecule has 1 nitrogen and oxygen atoms in total. The van der Waals surface area contributed by atoms with Gasteiger partial charge in [-0.2, -0.15) is 0 Å². The van der Waals surface area contributed by atoms with Crippen LogP contribution < -0.4 is 0 Å². The van der Waals surface area contributed by atoms with E-state index in [0.29, 0.717) is 5.92 Å². The molecule has 0 fully saturated rings. The van der Waals surface area contributed by atoms with E-state index in [1.54, 1.807) is 7.11 Å². The zero-order valence-corrected chi connectivity index (χ0v) is 8.77. The maximum atomic E-state index is 5.40. The molecule has 1 atom stereocenters. The largest absolute Gasteiger partial charge is 0.379 e. The van der Waals surface area contributed by atoms with Crippen LogP contribution in [0.1, 0.15) is 41.0 Å². The van der Waals surface area contributed by atoms with E-state index in [2.05, 4.69) is 34.6 Å². The molecular weight excluding hydrogens is 136 g/mol. The van der Waals surface area contributed by atoms with Crippen molar-refractivity contribution in [2.75, 3.05) is 7.11 Å². The van der Waals surface area contributed by atoms with Crippen molar-refractivity contribution < 1.29 is 4.74 Å². The molecule has 11 heavy (non-hydrogen) atoms. The molecule has 0 aromatic rings. The predicted octanol–water partition coefficient (Wildman–Crippen LogP) is 3.09. The smallest absolute Gasteiger partial charge is 0.0648 e. The third-order valence-electron chi connectivity index (χ3n) is 2.54. The van der Waals surface area contributed by atoms with Crippen molar-refractivity contribution in [2.45, 2.75) is 46.6 Å². The molecule has 0 aliphatic rings. The van der Waals surface area contributed by atoms with Gasteiger partial charge in [0.05, 0.1) is 5.60 Å². The van der Waals surface area contributed by atoms with E-state index in [1.165, 1.54) is 6.42 Å². The molecule has 0 heterocycles. The molecule has 0 aliphatic heterocycles. The fraction of sp³-hybridized carbons (Fsp3) is 1.00. The molecule has 0 saturated carbocycles. The summed E-state index contributed by atoms with van der Waals surface area (Å²) in [4.78, 5) is 0. The van der Waals surface area contributed by atoms with E-state index in [9.17, 15) is 0 Å². The lowest BCUT2D eigenvalue weighted by molar-refractivity contribution is -0.0280. The number of ether oxygens (including phenoxy) is 1. The zero-order chi connectivity index (χ0) is 9.07. The summed E-state index contributed by atoms with van der Waals surface area (Å²) in [6, 6.07) is 0. The number of hydrogen-bond donors (Lipinski definition) is 0. The van der Waals surface area contributed by atoms with Crippen LogP contribution in [0.3, 0.4) is 0 Å². The topological polar surface area (TPSA) is 9.23 Å². The molecule has 0 spiro atoms. The van der Waals surface area contributed by atoms with Gasteiger partial charge in [-0.1, -0.05) is 20.8 Å². The first-order valence-electron chi connectivity index (χ1n) is 4.45. The molecule has 0 rings (SSSR count). The molecule has 0 aliphatic carbocycles. The first-order valence-corrected chi connectivity index (χ1v) is 4.45. The summed E-state index contributed by atoms with van der Waals surface area (Å²) in [5.41, 5.74) is 0.0320. The summed E-state index contributed by atoms with van der Waals surface area (Å²) in [5.74, 6) is 1.40. The van der Waals surface area contributed by atoms with E-state index < -0.39 is 0 Å². The third kappa shape index (κ3) is 3.76. The van der Waals surface area contributed by atoms with Crippen LogP contribution in [0.2, 0.25) is 0 Å². The average molecular weight is 158 g/mol. The normalized spacial score (nSPS) is 15.5. The van der Waals surface area contributed by atoms with Gasteiger partial charge in [0, 0.05) is 7.11 Å². The van der Waals surface area contributed by atoms with E-state index >= 15 is 0 Å². The molecule has 0 saturated heterocycles. The van der Waals surface area contributed by atoms with Crippen molar-refractivity contribution in [2.24, 2.45) is 11.8 Å². The van der Waals surface area contributed by atoms with Crippen LogP contribution in [-0.2, 0) is 4.74 Å². The maximum absolute atomic E-state index is 5.40. The molecule has 1 heteroatoms. The van der Waals surface area contributed by atoms with Crippen LogP contribution in [-0.4, -0.2) is 12.7 Å². The predicted molar refractivity (Wildman–Crippen MR) is 49.7 cm³/mol. The molecule has 0 aromatic heterocycles. The lowest BCUT2D eigenvalue weighted by Crippen LogP contribution is -2.32. The van der Waals surface area contributed by atoms with Crippen molar-refractivity contribution in [1.29, 1.82) is 0 Å². The van der Waals surface area contributed by atoms with Gasteiger partial charge in [-0.05, 0) is 32.1 Å². The summed E-state index contributed by atoms with van der Waals surface area (Å²) in [6.07, 6.45) is 1.24. The molecule has 0 radical (unpaired) electrons. The summed E-state index contributed by atoms with van der Waals surface area (Å²) in [6.45, 7) is 11.1. The Morgan fingerprint density at radius 1 is 1.18 bits per heavy atom. The van der Waals surface area contributed by atoms with Gasteiger partial charge in [-0.15, -0.1) is 0 Å². The quantitative estimate of drug-likeness (QED) is 0.611. The van der Waals surface area contributed by atoms with Crippen molar-refractivity contribution in [3.8, 4) is 0 Å². The average Bonchev–Trinajstić information content (AvgIpc) is 1.86. The highest BCUT2D eigenvalue weighted by Gasteiger charge is 2.25. The molecule has 0 bridgehead atoms. The Balaban J connectivity index is 3.90. The Kier molecular flexibility index (Phi) is 4.09. The Hall–Kier alpha value is -0.0400. The lowest BCUT2D eigenvalue weighted by atomic mass is 9.86. The van der Waals surface area contributed by atoms with E-state index in [1.807, 2.05) is 0 Å². The number of methoxy groups -OCH3 is 1. The van der Waals surface area contributed by atoms with Gasteiger partial charge in [-0.25, -0.2) is 0 Å². The third-order valence-corrected chi connectivity index (χ3v) is 2.54. The second-order valence-electron chi connectivity index (χ2n) is 4.34. The Bertz CT molecular complexity index is 105. The van der Waals surface area contributed by atoms with Crippen LogP contribution in [0.4, 0.5) is 0 Å². The molecular formula is C10H22O. The second-order valence-corrected chi connectivity index (χ2v) is 4.34. The van der Waals surface area contributed by atoms with Gasteiger partial charge in [0.15, 0.2) is 0 Å². The van der Waals surface area contributed by atoms with Crippen molar-refractivity contribution in [3.05, 3.63) is 0 Å². The highest BCUT2D eigenvalue weighted by molar-refractivity contribution is 4.76. The summed E-state index contributed by atoms with van der Waals surface area (Å²) in [5, 5.41) is 0. The minimum absolute atomic E-state index is 0.0320. The van der Waals surface area contributed by atoms with Crippen LogP contribution in [0, 0.1) is 11.8 Å². The van der Waals surface area contributed by atoms with Crippen molar-refractivity contribution >= 4 is 0 Å². The maximum Gasteiger partial charge on any atom is 0.0648 e. The summed E-state index contributed by atoms with van der Waals surface area (Å²) < 4.78 is 5.40. The van der Waals surface area contributed by atoms with Crippen molar-refractivity contribution in [1.82, 2.24) is 0 Å². The molecule has 0 N–H and O–H groups in total. The van der Waals surface area contributed by atoms with Crippen LogP contribution in [0.25, 0.3) is 0 Å². The van der Waals surface area contributed by atoms with Gasteiger partial charge in [0.2, 0.25) is 0 Å². The standard InChI is InChI=1S/C10H22O/c1-8(2)7-9(3)10(4,5)11-6/h8-9H,7H2,1-6H3/t9-/m1/s1. The fourth-order valence-electron chi connectivity index (χ4n) is 1.19. The van der Waals surface area contributed by atoms with Gasteiger partial charge >= 0.3 is 0 Å².